The first-order valence-electron chi connectivity index (χ1n) is 8.96. The zero-order chi connectivity index (χ0) is 20.3. The Balaban J connectivity index is 1.65. The third-order valence-electron chi connectivity index (χ3n) is 4.63. The third-order valence-corrected chi connectivity index (χ3v) is 4.63. The fourth-order valence-corrected chi connectivity index (χ4v) is 3.03. The molecule has 2 N–H and O–H groups in total. The lowest BCUT2D eigenvalue weighted by Gasteiger charge is -2.14. The van der Waals surface area contributed by atoms with E-state index < -0.39 is 0 Å². The number of carbonyl (C=O) groups is 1. The van der Waals surface area contributed by atoms with E-state index in [4.69, 9.17) is 0 Å². The van der Waals surface area contributed by atoms with Gasteiger partial charge < -0.3 is 5.32 Å². The lowest BCUT2D eigenvalue weighted by Crippen LogP contribution is -2.27. The van der Waals surface area contributed by atoms with E-state index in [2.05, 4.69) is 10.4 Å². The van der Waals surface area contributed by atoms with Crippen molar-refractivity contribution >= 4 is 5.91 Å². The summed E-state index contributed by atoms with van der Waals surface area (Å²) in [5.41, 5.74) is 2.23. The molecule has 0 saturated heterocycles. The maximum atomic E-state index is 13.1. The fourth-order valence-electron chi connectivity index (χ4n) is 3.03. The van der Waals surface area contributed by atoms with Crippen molar-refractivity contribution < 1.29 is 13.6 Å². The molecule has 0 bridgehead atoms. The van der Waals surface area contributed by atoms with Crippen molar-refractivity contribution in [3.8, 4) is 5.69 Å². The Morgan fingerprint density at radius 3 is 2.25 bits per heavy atom. The Bertz CT molecular complexity index is 1020. The highest BCUT2D eigenvalue weighted by Crippen LogP contribution is 2.14. The molecule has 7 heteroatoms. The molecule has 1 aromatic heterocycles. The van der Waals surface area contributed by atoms with Crippen LogP contribution in [0.4, 0.5) is 8.78 Å². The van der Waals surface area contributed by atoms with Crippen LogP contribution in [0.25, 0.3) is 5.69 Å². The number of halogens is 2. The summed E-state index contributed by atoms with van der Waals surface area (Å²) in [7, 11) is 0. The molecule has 146 valence electrons. The van der Waals surface area contributed by atoms with E-state index >= 15 is 0 Å². The van der Waals surface area contributed by atoms with E-state index in [9.17, 15) is 18.4 Å². The summed E-state index contributed by atoms with van der Waals surface area (Å²) in [6, 6.07) is 11.2. The molecule has 1 amide bonds. The molecule has 1 unspecified atom stereocenters. The standard InChI is InChI=1S/C21H21F2N3O2/c1-13(15-3-5-16(22)6-4-15)24-20(27)12-11-19-14(2)25-26(21(19)28)18-9-7-17(23)8-10-18/h3-10,13,25H,11-12H2,1-2H3,(H,24,27). The predicted molar refractivity (Wildman–Crippen MR) is 102 cm³/mol. The number of carbonyl (C=O) groups excluding carboxylic acids is 1. The van der Waals surface area contributed by atoms with Gasteiger partial charge in [-0.05, 0) is 62.2 Å². The van der Waals surface area contributed by atoms with Crippen molar-refractivity contribution in [2.45, 2.75) is 32.7 Å². The third kappa shape index (κ3) is 4.36. The minimum absolute atomic E-state index is 0.142. The van der Waals surface area contributed by atoms with Gasteiger partial charge in [-0.1, -0.05) is 12.1 Å². The number of benzene rings is 2. The van der Waals surface area contributed by atoms with Gasteiger partial charge in [0.15, 0.2) is 0 Å². The molecular weight excluding hydrogens is 364 g/mol. The van der Waals surface area contributed by atoms with Gasteiger partial charge in [0.2, 0.25) is 5.91 Å². The van der Waals surface area contributed by atoms with E-state index in [1.165, 1.54) is 41.1 Å². The molecule has 0 fully saturated rings. The van der Waals surface area contributed by atoms with Crippen LogP contribution in [-0.2, 0) is 11.2 Å². The average Bonchev–Trinajstić information content (AvgIpc) is 2.95. The molecule has 0 aliphatic rings. The van der Waals surface area contributed by atoms with Crippen LogP contribution < -0.4 is 10.9 Å². The number of nitrogens with one attached hydrogen (secondary N) is 2. The van der Waals surface area contributed by atoms with Gasteiger partial charge in [0, 0.05) is 17.7 Å². The number of aryl methyl sites for hydroxylation is 1. The highest BCUT2D eigenvalue weighted by molar-refractivity contribution is 5.76. The molecule has 1 atom stereocenters. The Hall–Kier alpha value is -3.22. The van der Waals surface area contributed by atoms with Gasteiger partial charge in [0.25, 0.3) is 5.56 Å². The average molecular weight is 385 g/mol. The minimum atomic E-state index is -0.382. The maximum Gasteiger partial charge on any atom is 0.274 e. The molecule has 2 aromatic carbocycles. The summed E-state index contributed by atoms with van der Waals surface area (Å²) in [6.45, 7) is 3.57. The molecule has 5 nitrogen and oxygen atoms in total. The number of hydrogen-bond donors (Lipinski definition) is 2. The van der Waals surface area contributed by atoms with Crippen molar-refractivity contribution in [1.82, 2.24) is 15.1 Å². The van der Waals surface area contributed by atoms with Gasteiger partial charge in [-0.3, -0.25) is 14.7 Å². The molecular formula is C21H21F2N3O2. The predicted octanol–water partition coefficient (Wildman–Crippen LogP) is 3.56. The number of hydrogen-bond acceptors (Lipinski definition) is 2. The lowest BCUT2D eigenvalue weighted by atomic mass is 10.1. The fraction of sp³-hybridized carbons (Fsp3) is 0.238. The Kier molecular flexibility index (Phi) is 5.73. The first kappa shape index (κ1) is 19.5. The van der Waals surface area contributed by atoms with E-state index in [0.717, 1.165) is 5.56 Å². The molecule has 3 rings (SSSR count). The van der Waals surface area contributed by atoms with Gasteiger partial charge in [-0.25, -0.2) is 13.5 Å². The maximum absolute atomic E-state index is 13.1. The lowest BCUT2D eigenvalue weighted by molar-refractivity contribution is -0.121. The smallest absolute Gasteiger partial charge is 0.274 e. The van der Waals surface area contributed by atoms with Crippen molar-refractivity contribution in [1.29, 1.82) is 0 Å². The van der Waals surface area contributed by atoms with E-state index in [0.29, 0.717) is 16.9 Å². The molecule has 0 radical (unpaired) electrons. The summed E-state index contributed by atoms with van der Waals surface area (Å²) in [5, 5.41) is 5.81. The second-order valence-electron chi connectivity index (χ2n) is 6.67. The number of rotatable bonds is 6. The monoisotopic (exact) mass is 385 g/mol. The normalized spacial score (nSPS) is 12.0. The van der Waals surface area contributed by atoms with Gasteiger partial charge >= 0.3 is 0 Å². The van der Waals surface area contributed by atoms with E-state index in [1.807, 2.05) is 6.92 Å². The summed E-state index contributed by atoms with van der Waals surface area (Å²) >= 11 is 0. The number of aromatic nitrogens is 2. The Labute approximate surface area is 161 Å². The Morgan fingerprint density at radius 1 is 1.07 bits per heavy atom. The minimum Gasteiger partial charge on any atom is -0.350 e. The van der Waals surface area contributed by atoms with Gasteiger partial charge in [0.05, 0.1) is 11.7 Å². The second kappa shape index (κ2) is 8.21. The van der Waals surface area contributed by atoms with Crippen LogP contribution in [0.5, 0.6) is 0 Å². The Morgan fingerprint density at radius 2 is 1.64 bits per heavy atom. The molecule has 0 aliphatic carbocycles. The van der Waals surface area contributed by atoms with E-state index in [-0.39, 0.29) is 42.0 Å². The zero-order valence-corrected chi connectivity index (χ0v) is 15.6. The van der Waals surface area contributed by atoms with E-state index in [1.54, 1.807) is 19.1 Å². The number of H-pyrrole nitrogens is 1. The second-order valence-corrected chi connectivity index (χ2v) is 6.67. The van der Waals surface area contributed by atoms with Crippen LogP contribution in [-0.4, -0.2) is 15.7 Å². The van der Waals surface area contributed by atoms with Crippen LogP contribution in [0, 0.1) is 18.6 Å². The van der Waals surface area contributed by atoms with Crippen molar-refractivity contribution in [3.05, 3.63) is 87.3 Å². The molecule has 28 heavy (non-hydrogen) atoms. The summed E-state index contributed by atoms with van der Waals surface area (Å²) < 4.78 is 27.4. The van der Waals surface area contributed by atoms with Crippen LogP contribution in [0.1, 0.15) is 36.2 Å². The van der Waals surface area contributed by atoms with Crippen LogP contribution in [0.3, 0.4) is 0 Å². The number of aromatic amines is 1. The quantitative estimate of drug-likeness (QED) is 0.681. The summed E-state index contributed by atoms with van der Waals surface area (Å²) in [5.74, 6) is -0.917. The molecule has 0 aliphatic heterocycles. The summed E-state index contributed by atoms with van der Waals surface area (Å²) in [4.78, 5) is 24.9. The van der Waals surface area contributed by atoms with Gasteiger partial charge in [-0.15, -0.1) is 0 Å². The first-order valence-corrected chi connectivity index (χ1v) is 8.96. The van der Waals surface area contributed by atoms with Crippen LogP contribution >= 0.6 is 0 Å². The highest BCUT2D eigenvalue weighted by atomic mass is 19.1. The largest absolute Gasteiger partial charge is 0.350 e. The summed E-state index contributed by atoms with van der Waals surface area (Å²) in [6.07, 6.45) is 0.417. The van der Waals surface area contributed by atoms with Crippen molar-refractivity contribution in [2.24, 2.45) is 0 Å². The van der Waals surface area contributed by atoms with Gasteiger partial charge in [0.1, 0.15) is 11.6 Å². The number of amides is 1. The van der Waals surface area contributed by atoms with Gasteiger partial charge in [-0.2, -0.15) is 0 Å². The van der Waals surface area contributed by atoms with Crippen molar-refractivity contribution in [3.63, 3.8) is 0 Å². The molecule has 0 spiro atoms. The zero-order valence-electron chi connectivity index (χ0n) is 15.6. The molecule has 0 saturated carbocycles. The van der Waals surface area contributed by atoms with Crippen molar-refractivity contribution in [2.75, 3.05) is 0 Å². The molecule has 3 aromatic rings. The van der Waals surface area contributed by atoms with Crippen LogP contribution in [0.15, 0.2) is 53.3 Å². The molecule has 1 heterocycles. The topological polar surface area (TPSA) is 66.9 Å². The van der Waals surface area contributed by atoms with Crippen LogP contribution in [0.2, 0.25) is 0 Å². The number of nitrogens with zero attached hydrogens (tertiary/aromatic N) is 1. The SMILES string of the molecule is Cc1[nH]n(-c2ccc(F)cc2)c(=O)c1CCC(=O)NC(C)c1ccc(F)cc1. The highest BCUT2D eigenvalue weighted by Gasteiger charge is 2.15. The first-order chi connectivity index (χ1) is 13.3.